The maximum absolute atomic E-state index is 10.7. The number of carbonyl (C=O) groups excluding carboxylic acids is 1. The van der Waals surface area contributed by atoms with Crippen LogP contribution >= 0.6 is 0 Å². The van der Waals surface area contributed by atoms with Gasteiger partial charge in [0.15, 0.2) is 0 Å². The van der Waals surface area contributed by atoms with Crippen molar-refractivity contribution >= 4 is 6.29 Å². The van der Waals surface area contributed by atoms with Crippen molar-refractivity contribution in [2.45, 2.75) is 19.3 Å². The molecule has 1 unspecified atom stereocenters. The van der Waals surface area contributed by atoms with Gasteiger partial charge in [0.25, 0.3) is 0 Å². The molecule has 0 bridgehead atoms. The van der Waals surface area contributed by atoms with Crippen LogP contribution in [0.15, 0.2) is 42.0 Å². The summed E-state index contributed by atoms with van der Waals surface area (Å²) in [4.78, 5) is 10.7. The Morgan fingerprint density at radius 3 is 2.82 bits per heavy atom. The first-order valence-corrected chi connectivity index (χ1v) is 6.28. The molecule has 0 saturated heterocycles. The van der Waals surface area contributed by atoms with Gasteiger partial charge < -0.3 is 10.1 Å². The van der Waals surface area contributed by atoms with E-state index in [1.165, 1.54) is 11.1 Å². The molecular formula is C15H19NO. The van der Waals surface area contributed by atoms with Crippen molar-refractivity contribution < 1.29 is 4.79 Å². The lowest BCUT2D eigenvalue weighted by Gasteiger charge is -2.18. The molecule has 0 aromatic heterocycles. The van der Waals surface area contributed by atoms with E-state index in [4.69, 9.17) is 0 Å². The SMILES string of the molecule is O=CC1C=C(CCCc2ccccc2)CNC1. The number of carbonyl (C=O) groups is 1. The molecule has 90 valence electrons. The molecule has 2 rings (SSSR count). The molecule has 1 aliphatic heterocycles. The minimum atomic E-state index is 0.0791. The summed E-state index contributed by atoms with van der Waals surface area (Å²) in [6.45, 7) is 1.74. The Bertz CT molecular complexity index is 383. The van der Waals surface area contributed by atoms with E-state index < -0.39 is 0 Å². The molecule has 0 radical (unpaired) electrons. The molecule has 1 aromatic carbocycles. The minimum Gasteiger partial charge on any atom is -0.312 e. The highest BCUT2D eigenvalue weighted by Gasteiger charge is 2.11. The van der Waals surface area contributed by atoms with Crippen molar-refractivity contribution in [1.82, 2.24) is 5.32 Å². The number of hydrogen-bond acceptors (Lipinski definition) is 2. The second kappa shape index (κ2) is 6.36. The second-order valence-electron chi connectivity index (χ2n) is 4.59. The molecule has 1 heterocycles. The van der Waals surface area contributed by atoms with Crippen molar-refractivity contribution in [1.29, 1.82) is 0 Å². The third-order valence-electron chi connectivity index (χ3n) is 3.16. The maximum Gasteiger partial charge on any atom is 0.128 e. The minimum absolute atomic E-state index is 0.0791. The lowest BCUT2D eigenvalue weighted by Crippen LogP contribution is -2.29. The Balaban J connectivity index is 1.79. The lowest BCUT2D eigenvalue weighted by atomic mass is 9.97. The zero-order valence-electron chi connectivity index (χ0n) is 10.1. The van der Waals surface area contributed by atoms with Crippen molar-refractivity contribution in [2.24, 2.45) is 5.92 Å². The van der Waals surface area contributed by atoms with E-state index in [1.807, 2.05) is 6.07 Å². The smallest absolute Gasteiger partial charge is 0.128 e. The summed E-state index contributed by atoms with van der Waals surface area (Å²) in [6, 6.07) is 10.5. The molecule has 0 aliphatic carbocycles. The molecule has 0 spiro atoms. The third kappa shape index (κ3) is 3.82. The number of benzene rings is 1. The molecule has 2 nitrogen and oxygen atoms in total. The first-order chi connectivity index (χ1) is 8.38. The zero-order chi connectivity index (χ0) is 11.9. The van der Waals surface area contributed by atoms with Gasteiger partial charge in [0, 0.05) is 19.0 Å². The first kappa shape index (κ1) is 12.1. The van der Waals surface area contributed by atoms with Crippen LogP contribution in [0.4, 0.5) is 0 Å². The first-order valence-electron chi connectivity index (χ1n) is 6.28. The van der Waals surface area contributed by atoms with E-state index in [0.717, 1.165) is 38.6 Å². The van der Waals surface area contributed by atoms with Gasteiger partial charge in [-0.3, -0.25) is 0 Å². The molecule has 2 heteroatoms. The predicted molar refractivity (Wildman–Crippen MR) is 69.9 cm³/mol. The van der Waals surface area contributed by atoms with Crippen molar-refractivity contribution in [3.63, 3.8) is 0 Å². The van der Waals surface area contributed by atoms with E-state index in [2.05, 4.69) is 35.7 Å². The van der Waals surface area contributed by atoms with Crippen LogP contribution in [0.1, 0.15) is 18.4 Å². The van der Waals surface area contributed by atoms with E-state index in [-0.39, 0.29) is 5.92 Å². The monoisotopic (exact) mass is 229 g/mol. The number of hydrogen-bond donors (Lipinski definition) is 1. The molecular weight excluding hydrogens is 210 g/mol. The van der Waals surface area contributed by atoms with Crippen molar-refractivity contribution in [3.05, 3.63) is 47.5 Å². The maximum atomic E-state index is 10.7. The van der Waals surface area contributed by atoms with Gasteiger partial charge in [0.05, 0.1) is 0 Å². The summed E-state index contributed by atoms with van der Waals surface area (Å²) in [5, 5.41) is 3.28. The Labute approximate surface area is 103 Å². The van der Waals surface area contributed by atoms with Crippen molar-refractivity contribution in [3.8, 4) is 0 Å². The topological polar surface area (TPSA) is 29.1 Å². The van der Waals surface area contributed by atoms with Crippen LogP contribution < -0.4 is 5.32 Å². The summed E-state index contributed by atoms with van der Waals surface area (Å²) >= 11 is 0. The van der Waals surface area contributed by atoms with Crippen LogP contribution in [-0.2, 0) is 11.2 Å². The van der Waals surface area contributed by atoms with Gasteiger partial charge in [-0.05, 0) is 24.8 Å². The molecule has 0 saturated carbocycles. The largest absolute Gasteiger partial charge is 0.312 e. The zero-order valence-corrected chi connectivity index (χ0v) is 10.1. The second-order valence-corrected chi connectivity index (χ2v) is 4.59. The summed E-state index contributed by atoms with van der Waals surface area (Å²) in [6.07, 6.45) is 6.52. The van der Waals surface area contributed by atoms with Gasteiger partial charge >= 0.3 is 0 Å². The molecule has 1 N–H and O–H groups in total. The fraction of sp³-hybridized carbons (Fsp3) is 0.400. The fourth-order valence-electron chi connectivity index (χ4n) is 2.24. The number of aldehydes is 1. The van der Waals surface area contributed by atoms with Gasteiger partial charge in [-0.15, -0.1) is 0 Å². The molecule has 1 atom stereocenters. The Hall–Kier alpha value is -1.41. The average Bonchev–Trinajstić information content (AvgIpc) is 2.40. The molecule has 1 aliphatic rings. The Morgan fingerprint density at radius 2 is 2.06 bits per heavy atom. The van der Waals surface area contributed by atoms with Crippen LogP contribution in [0.5, 0.6) is 0 Å². The quantitative estimate of drug-likeness (QED) is 0.620. The number of rotatable bonds is 5. The molecule has 1 aromatic rings. The highest BCUT2D eigenvalue weighted by Crippen LogP contribution is 2.14. The standard InChI is InChI=1S/C15H19NO/c17-12-15-9-14(10-16-11-15)8-4-7-13-5-2-1-3-6-13/h1-3,5-6,9,12,15-16H,4,7-8,10-11H2. The van der Waals surface area contributed by atoms with E-state index in [1.54, 1.807) is 0 Å². The normalized spacial score (nSPS) is 19.8. The summed E-state index contributed by atoms with van der Waals surface area (Å²) in [5.74, 6) is 0.0791. The highest BCUT2D eigenvalue weighted by molar-refractivity contribution is 5.57. The molecule has 17 heavy (non-hydrogen) atoms. The van der Waals surface area contributed by atoms with Gasteiger partial charge in [-0.1, -0.05) is 42.0 Å². The third-order valence-corrected chi connectivity index (χ3v) is 3.16. The van der Waals surface area contributed by atoms with Crippen LogP contribution in [-0.4, -0.2) is 19.4 Å². The van der Waals surface area contributed by atoms with Crippen LogP contribution in [0.25, 0.3) is 0 Å². The molecule has 0 fully saturated rings. The molecule has 0 amide bonds. The van der Waals surface area contributed by atoms with Gasteiger partial charge in [-0.2, -0.15) is 0 Å². The van der Waals surface area contributed by atoms with Gasteiger partial charge in [0.2, 0.25) is 0 Å². The predicted octanol–water partition coefficient (Wildman–Crippen LogP) is 2.35. The van der Waals surface area contributed by atoms with E-state index >= 15 is 0 Å². The lowest BCUT2D eigenvalue weighted by molar-refractivity contribution is -0.109. The van der Waals surface area contributed by atoms with Crippen LogP contribution in [0.3, 0.4) is 0 Å². The van der Waals surface area contributed by atoms with Gasteiger partial charge in [-0.25, -0.2) is 0 Å². The number of aryl methyl sites for hydroxylation is 1. The van der Waals surface area contributed by atoms with Crippen LogP contribution in [0.2, 0.25) is 0 Å². The van der Waals surface area contributed by atoms with Gasteiger partial charge in [0.1, 0.15) is 6.29 Å². The average molecular weight is 229 g/mol. The summed E-state index contributed by atoms with van der Waals surface area (Å²) in [7, 11) is 0. The van der Waals surface area contributed by atoms with E-state index in [9.17, 15) is 4.79 Å². The summed E-state index contributed by atoms with van der Waals surface area (Å²) < 4.78 is 0. The highest BCUT2D eigenvalue weighted by atomic mass is 16.1. The summed E-state index contributed by atoms with van der Waals surface area (Å²) in [5.41, 5.74) is 2.77. The Morgan fingerprint density at radius 1 is 1.24 bits per heavy atom. The van der Waals surface area contributed by atoms with Crippen molar-refractivity contribution in [2.75, 3.05) is 13.1 Å². The van der Waals surface area contributed by atoms with Crippen LogP contribution in [0, 0.1) is 5.92 Å². The fourth-order valence-corrected chi connectivity index (χ4v) is 2.24. The number of nitrogens with one attached hydrogen (secondary N) is 1. The van der Waals surface area contributed by atoms with E-state index in [0.29, 0.717) is 0 Å². The Kier molecular flexibility index (Phi) is 4.51.